The minimum absolute atomic E-state index is 0.107. The largest absolute Gasteiger partial charge is 0.350 e. The highest BCUT2D eigenvalue weighted by atomic mass is 16.1. The van der Waals surface area contributed by atoms with Crippen LogP contribution in [-0.2, 0) is 17.6 Å². The van der Waals surface area contributed by atoms with Crippen molar-refractivity contribution >= 4 is 5.91 Å². The van der Waals surface area contributed by atoms with E-state index in [1.807, 2.05) is 0 Å². The predicted molar refractivity (Wildman–Crippen MR) is 86.1 cm³/mol. The fraction of sp³-hybridized carbons (Fsp3) is 0.526. The third-order valence-electron chi connectivity index (χ3n) is 4.81. The molecule has 2 heteroatoms. The van der Waals surface area contributed by atoms with Gasteiger partial charge in [0.1, 0.15) is 0 Å². The normalized spacial score (nSPS) is 21.9. The maximum absolute atomic E-state index is 12.1. The number of nitrogens with one attached hydrogen (secondary N) is 1. The van der Waals surface area contributed by atoms with Crippen molar-refractivity contribution in [3.05, 3.63) is 47.0 Å². The van der Waals surface area contributed by atoms with Gasteiger partial charge in [-0.1, -0.05) is 30.4 Å². The van der Waals surface area contributed by atoms with E-state index >= 15 is 0 Å². The number of carbonyl (C=O) groups is 1. The summed E-state index contributed by atoms with van der Waals surface area (Å²) in [5.74, 6) is 0.623. The highest BCUT2D eigenvalue weighted by molar-refractivity contribution is 5.77. The zero-order valence-electron chi connectivity index (χ0n) is 12.9. The van der Waals surface area contributed by atoms with E-state index in [4.69, 9.17) is 0 Å². The Hall–Kier alpha value is -1.57. The number of fused-ring (bicyclic) bond motifs is 1. The summed E-state index contributed by atoms with van der Waals surface area (Å²) in [4.78, 5) is 12.1. The van der Waals surface area contributed by atoms with E-state index in [0.29, 0.717) is 12.3 Å². The molecule has 0 spiro atoms. The van der Waals surface area contributed by atoms with E-state index in [2.05, 4.69) is 42.6 Å². The highest BCUT2D eigenvalue weighted by Gasteiger charge is 2.17. The fourth-order valence-corrected chi connectivity index (χ4v) is 3.51. The molecule has 1 aromatic carbocycles. The van der Waals surface area contributed by atoms with Crippen molar-refractivity contribution in [2.24, 2.45) is 5.92 Å². The number of rotatable bonds is 4. The first-order valence-corrected chi connectivity index (χ1v) is 8.30. The Bertz CT molecular complexity index is 546. The van der Waals surface area contributed by atoms with Crippen LogP contribution in [0.3, 0.4) is 0 Å². The molecular weight excluding hydrogens is 258 g/mol. The average Bonchev–Trinajstić information content (AvgIpc) is 2.99. The van der Waals surface area contributed by atoms with Crippen molar-refractivity contribution in [1.29, 1.82) is 0 Å². The fourth-order valence-electron chi connectivity index (χ4n) is 3.51. The third-order valence-corrected chi connectivity index (χ3v) is 4.81. The molecule has 1 N–H and O–H groups in total. The standard InChI is InChI=1S/C19H25NO/c1-14(20-19(21)12-15-6-2-3-7-15)17-11-10-16-8-4-5-9-18(16)13-17/h2,6,10-11,13-15H,3-5,7-9,12H2,1H3,(H,20,21)/t14-,15-/m1/s1. The molecule has 0 saturated heterocycles. The van der Waals surface area contributed by atoms with Gasteiger partial charge < -0.3 is 5.32 Å². The summed E-state index contributed by atoms with van der Waals surface area (Å²) in [5.41, 5.74) is 4.23. The van der Waals surface area contributed by atoms with Crippen molar-refractivity contribution in [1.82, 2.24) is 5.32 Å². The van der Waals surface area contributed by atoms with Gasteiger partial charge in [0, 0.05) is 6.42 Å². The minimum Gasteiger partial charge on any atom is -0.350 e. The number of hydrogen-bond donors (Lipinski definition) is 1. The van der Waals surface area contributed by atoms with E-state index in [1.165, 1.54) is 42.4 Å². The Kier molecular flexibility index (Phi) is 4.42. The van der Waals surface area contributed by atoms with Crippen LogP contribution in [0, 0.1) is 5.92 Å². The van der Waals surface area contributed by atoms with Crippen LogP contribution in [0.2, 0.25) is 0 Å². The molecule has 2 nitrogen and oxygen atoms in total. The lowest BCUT2D eigenvalue weighted by Gasteiger charge is -2.20. The van der Waals surface area contributed by atoms with Gasteiger partial charge in [-0.15, -0.1) is 0 Å². The molecule has 3 rings (SSSR count). The van der Waals surface area contributed by atoms with Crippen molar-refractivity contribution in [3.8, 4) is 0 Å². The minimum atomic E-state index is 0.107. The monoisotopic (exact) mass is 283 g/mol. The van der Waals surface area contributed by atoms with E-state index < -0.39 is 0 Å². The molecule has 1 aromatic rings. The summed E-state index contributed by atoms with van der Waals surface area (Å²) in [5, 5.41) is 3.16. The summed E-state index contributed by atoms with van der Waals surface area (Å²) < 4.78 is 0. The maximum Gasteiger partial charge on any atom is 0.221 e. The van der Waals surface area contributed by atoms with Crippen molar-refractivity contribution in [3.63, 3.8) is 0 Å². The molecule has 0 saturated carbocycles. The van der Waals surface area contributed by atoms with Gasteiger partial charge in [-0.3, -0.25) is 4.79 Å². The van der Waals surface area contributed by atoms with E-state index in [0.717, 1.165) is 12.8 Å². The summed E-state index contributed by atoms with van der Waals surface area (Å²) >= 11 is 0. The Morgan fingerprint density at radius 1 is 1.29 bits per heavy atom. The van der Waals surface area contributed by atoms with Gasteiger partial charge in [-0.25, -0.2) is 0 Å². The number of amides is 1. The maximum atomic E-state index is 12.1. The molecular formula is C19H25NO. The Labute approximate surface area is 127 Å². The summed E-state index contributed by atoms with van der Waals surface area (Å²) in [6.07, 6.45) is 12.3. The van der Waals surface area contributed by atoms with E-state index in [1.54, 1.807) is 0 Å². The molecule has 0 heterocycles. The van der Waals surface area contributed by atoms with Gasteiger partial charge in [0.2, 0.25) is 5.91 Å². The van der Waals surface area contributed by atoms with Crippen LogP contribution in [0.4, 0.5) is 0 Å². The molecule has 0 aliphatic heterocycles. The van der Waals surface area contributed by atoms with Gasteiger partial charge in [0.05, 0.1) is 6.04 Å². The summed E-state index contributed by atoms with van der Waals surface area (Å²) in [6.45, 7) is 2.09. The van der Waals surface area contributed by atoms with E-state index in [9.17, 15) is 4.79 Å². The molecule has 21 heavy (non-hydrogen) atoms. The second kappa shape index (κ2) is 6.46. The molecule has 0 unspecified atom stereocenters. The van der Waals surface area contributed by atoms with Crippen LogP contribution < -0.4 is 5.32 Å². The summed E-state index contributed by atoms with van der Waals surface area (Å²) in [7, 11) is 0. The second-order valence-corrected chi connectivity index (χ2v) is 6.49. The Morgan fingerprint density at radius 2 is 2.10 bits per heavy atom. The molecule has 0 fully saturated rings. The van der Waals surface area contributed by atoms with Gasteiger partial charge in [-0.2, -0.15) is 0 Å². The van der Waals surface area contributed by atoms with Gasteiger partial charge in [-0.05, 0) is 68.1 Å². The van der Waals surface area contributed by atoms with Crippen molar-refractivity contribution < 1.29 is 4.79 Å². The molecule has 1 amide bonds. The Morgan fingerprint density at radius 3 is 2.86 bits per heavy atom. The molecule has 0 aromatic heterocycles. The Balaban J connectivity index is 1.60. The molecule has 2 aliphatic rings. The predicted octanol–water partition coefficient (Wildman–Crippen LogP) is 4.10. The molecule has 0 bridgehead atoms. The first-order valence-electron chi connectivity index (χ1n) is 8.30. The number of hydrogen-bond acceptors (Lipinski definition) is 1. The zero-order chi connectivity index (χ0) is 14.7. The van der Waals surface area contributed by atoms with E-state index in [-0.39, 0.29) is 11.9 Å². The number of allylic oxidation sites excluding steroid dienone is 2. The van der Waals surface area contributed by atoms with Crippen LogP contribution in [0.25, 0.3) is 0 Å². The average molecular weight is 283 g/mol. The van der Waals surface area contributed by atoms with Gasteiger partial charge in [0.15, 0.2) is 0 Å². The third kappa shape index (κ3) is 3.55. The second-order valence-electron chi connectivity index (χ2n) is 6.49. The lowest BCUT2D eigenvalue weighted by molar-refractivity contribution is -0.122. The quantitative estimate of drug-likeness (QED) is 0.828. The number of carbonyl (C=O) groups excluding carboxylic acids is 1. The molecule has 2 aliphatic carbocycles. The van der Waals surface area contributed by atoms with Gasteiger partial charge >= 0.3 is 0 Å². The number of aryl methyl sites for hydroxylation is 2. The lowest BCUT2D eigenvalue weighted by atomic mass is 9.89. The SMILES string of the molecule is C[C@@H](NC(=O)C[C@@H]1C=CCC1)c1ccc2c(c1)CCCC2. The topological polar surface area (TPSA) is 29.1 Å². The van der Waals surface area contributed by atoms with Crippen LogP contribution in [-0.4, -0.2) is 5.91 Å². The lowest BCUT2D eigenvalue weighted by Crippen LogP contribution is -2.28. The molecule has 112 valence electrons. The molecule has 0 radical (unpaired) electrons. The first kappa shape index (κ1) is 14.4. The van der Waals surface area contributed by atoms with Crippen LogP contribution in [0.5, 0.6) is 0 Å². The van der Waals surface area contributed by atoms with Gasteiger partial charge in [0.25, 0.3) is 0 Å². The highest BCUT2D eigenvalue weighted by Crippen LogP contribution is 2.25. The van der Waals surface area contributed by atoms with Crippen LogP contribution >= 0.6 is 0 Å². The zero-order valence-corrected chi connectivity index (χ0v) is 12.9. The van der Waals surface area contributed by atoms with Crippen LogP contribution in [0.1, 0.15) is 61.8 Å². The smallest absolute Gasteiger partial charge is 0.221 e. The van der Waals surface area contributed by atoms with Crippen molar-refractivity contribution in [2.75, 3.05) is 0 Å². The number of benzene rings is 1. The summed E-state index contributed by atoms with van der Waals surface area (Å²) in [6, 6.07) is 6.85. The first-order chi connectivity index (χ1) is 10.2. The molecule has 2 atom stereocenters. The van der Waals surface area contributed by atoms with Crippen LogP contribution in [0.15, 0.2) is 30.4 Å². The van der Waals surface area contributed by atoms with Crippen molar-refractivity contribution in [2.45, 2.75) is 57.9 Å².